The SMILES string of the molecule is N=C(N)c1ccc(C(=O)NCCC(=O)NC(CC(=O)O)c2ccccc2)cc1. The summed E-state index contributed by atoms with van der Waals surface area (Å²) in [6.45, 7) is 0.105. The Bertz CT molecular complexity index is 850. The van der Waals surface area contributed by atoms with Gasteiger partial charge in [-0.25, -0.2) is 0 Å². The van der Waals surface area contributed by atoms with Gasteiger partial charge in [-0.05, 0) is 17.7 Å². The highest BCUT2D eigenvalue weighted by atomic mass is 16.4. The van der Waals surface area contributed by atoms with E-state index in [4.69, 9.17) is 16.2 Å². The average Bonchev–Trinajstić information content (AvgIpc) is 2.67. The zero-order valence-electron chi connectivity index (χ0n) is 15.1. The van der Waals surface area contributed by atoms with Crippen molar-refractivity contribution in [2.45, 2.75) is 18.9 Å². The number of rotatable bonds is 9. The Morgan fingerprint density at radius 2 is 1.61 bits per heavy atom. The number of carbonyl (C=O) groups excluding carboxylic acids is 2. The van der Waals surface area contributed by atoms with Crippen molar-refractivity contribution < 1.29 is 19.5 Å². The number of carboxylic acids is 1. The number of amides is 2. The molecule has 0 saturated heterocycles. The van der Waals surface area contributed by atoms with E-state index in [2.05, 4.69) is 10.6 Å². The Labute approximate surface area is 162 Å². The molecule has 1 atom stereocenters. The van der Waals surface area contributed by atoms with E-state index in [1.54, 1.807) is 48.5 Å². The fraction of sp³-hybridized carbons (Fsp3) is 0.200. The largest absolute Gasteiger partial charge is 0.481 e. The first-order valence-electron chi connectivity index (χ1n) is 8.65. The summed E-state index contributed by atoms with van der Waals surface area (Å²) in [6, 6.07) is 14.4. The zero-order chi connectivity index (χ0) is 20.5. The minimum absolute atomic E-state index is 0.0141. The molecular formula is C20H22N4O4. The Kier molecular flexibility index (Phi) is 7.27. The maximum absolute atomic E-state index is 12.2. The average molecular weight is 382 g/mol. The number of amidine groups is 1. The minimum Gasteiger partial charge on any atom is -0.481 e. The number of hydrogen-bond donors (Lipinski definition) is 5. The number of benzene rings is 2. The van der Waals surface area contributed by atoms with Gasteiger partial charge in [0.2, 0.25) is 5.91 Å². The molecule has 0 saturated carbocycles. The molecule has 28 heavy (non-hydrogen) atoms. The molecule has 0 radical (unpaired) electrons. The van der Waals surface area contributed by atoms with Crippen molar-refractivity contribution in [3.05, 3.63) is 71.3 Å². The van der Waals surface area contributed by atoms with Gasteiger partial charge in [0.1, 0.15) is 5.84 Å². The second-order valence-electron chi connectivity index (χ2n) is 6.13. The lowest BCUT2D eigenvalue weighted by molar-refractivity contribution is -0.137. The van der Waals surface area contributed by atoms with Crippen molar-refractivity contribution in [1.29, 1.82) is 5.41 Å². The highest BCUT2D eigenvalue weighted by Gasteiger charge is 2.18. The van der Waals surface area contributed by atoms with Gasteiger partial charge < -0.3 is 21.5 Å². The zero-order valence-corrected chi connectivity index (χ0v) is 15.1. The van der Waals surface area contributed by atoms with E-state index < -0.39 is 12.0 Å². The molecule has 8 nitrogen and oxygen atoms in total. The number of carbonyl (C=O) groups is 3. The summed E-state index contributed by atoms with van der Waals surface area (Å²) in [4.78, 5) is 35.3. The summed E-state index contributed by atoms with van der Waals surface area (Å²) in [7, 11) is 0. The van der Waals surface area contributed by atoms with Gasteiger partial charge in [-0.15, -0.1) is 0 Å². The Hall–Kier alpha value is -3.68. The topological polar surface area (TPSA) is 145 Å². The van der Waals surface area contributed by atoms with E-state index >= 15 is 0 Å². The first-order valence-corrected chi connectivity index (χ1v) is 8.65. The highest BCUT2D eigenvalue weighted by Crippen LogP contribution is 2.16. The molecule has 0 aliphatic rings. The molecule has 6 N–H and O–H groups in total. The van der Waals surface area contributed by atoms with Gasteiger partial charge >= 0.3 is 5.97 Å². The molecule has 0 fully saturated rings. The molecule has 8 heteroatoms. The lowest BCUT2D eigenvalue weighted by Crippen LogP contribution is -2.33. The molecule has 1 unspecified atom stereocenters. The van der Waals surface area contributed by atoms with Crippen LogP contribution in [0.25, 0.3) is 0 Å². The van der Waals surface area contributed by atoms with Crippen LogP contribution >= 0.6 is 0 Å². The lowest BCUT2D eigenvalue weighted by atomic mass is 10.0. The first kappa shape index (κ1) is 20.6. The van der Waals surface area contributed by atoms with Crippen LogP contribution in [0.3, 0.4) is 0 Å². The number of nitrogen functional groups attached to an aromatic ring is 1. The van der Waals surface area contributed by atoms with Crippen LogP contribution in [-0.2, 0) is 9.59 Å². The lowest BCUT2D eigenvalue weighted by Gasteiger charge is -2.17. The van der Waals surface area contributed by atoms with Crippen molar-refractivity contribution in [2.24, 2.45) is 5.73 Å². The molecule has 0 bridgehead atoms. The third-order valence-electron chi connectivity index (χ3n) is 4.01. The summed E-state index contributed by atoms with van der Waals surface area (Å²) < 4.78 is 0. The predicted octanol–water partition coefficient (Wildman–Crippen LogP) is 1.42. The first-order chi connectivity index (χ1) is 13.4. The van der Waals surface area contributed by atoms with E-state index in [1.807, 2.05) is 6.07 Å². The fourth-order valence-corrected chi connectivity index (χ4v) is 2.57. The van der Waals surface area contributed by atoms with Crippen molar-refractivity contribution in [3.8, 4) is 0 Å². The van der Waals surface area contributed by atoms with Crippen LogP contribution in [-0.4, -0.2) is 35.3 Å². The Morgan fingerprint density at radius 3 is 2.18 bits per heavy atom. The summed E-state index contributed by atoms with van der Waals surface area (Å²) in [6.07, 6.45) is -0.217. The molecular weight excluding hydrogens is 360 g/mol. The van der Waals surface area contributed by atoms with Crippen LogP contribution in [0, 0.1) is 5.41 Å². The third-order valence-corrected chi connectivity index (χ3v) is 4.01. The number of carboxylic acid groups (broad SMARTS) is 1. The van der Waals surface area contributed by atoms with Gasteiger partial charge in [-0.2, -0.15) is 0 Å². The summed E-state index contributed by atoms with van der Waals surface area (Å²) in [5.74, 6) is -1.81. The van der Waals surface area contributed by atoms with Crippen LogP contribution < -0.4 is 16.4 Å². The normalized spacial score (nSPS) is 11.3. The molecule has 0 heterocycles. The minimum atomic E-state index is -1.02. The summed E-state index contributed by atoms with van der Waals surface area (Å²) in [5, 5.41) is 21.7. The van der Waals surface area contributed by atoms with Crippen LogP contribution in [0.1, 0.15) is 40.4 Å². The molecule has 0 aliphatic heterocycles. The monoisotopic (exact) mass is 382 g/mol. The van der Waals surface area contributed by atoms with Crippen LogP contribution in [0.2, 0.25) is 0 Å². The van der Waals surface area contributed by atoms with E-state index in [9.17, 15) is 14.4 Å². The standard InChI is InChI=1S/C20H22N4O4/c21-19(22)14-6-8-15(9-7-14)20(28)23-11-10-17(25)24-16(12-18(26)27)13-4-2-1-3-5-13/h1-9,16H,10-12H2,(H3,21,22)(H,23,28)(H,24,25)(H,26,27). The third kappa shape index (κ3) is 6.24. The van der Waals surface area contributed by atoms with Gasteiger partial charge in [-0.3, -0.25) is 19.8 Å². The number of nitrogens with two attached hydrogens (primary N) is 1. The van der Waals surface area contributed by atoms with E-state index in [1.165, 1.54) is 0 Å². The molecule has 2 rings (SSSR count). The molecule has 2 amide bonds. The second kappa shape index (κ2) is 9.86. The molecule has 0 aliphatic carbocycles. The van der Waals surface area contributed by atoms with Gasteiger partial charge in [0, 0.05) is 24.1 Å². The molecule has 2 aromatic carbocycles. The van der Waals surface area contributed by atoms with Crippen LogP contribution in [0.15, 0.2) is 54.6 Å². The maximum Gasteiger partial charge on any atom is 0.305 e. The van der Waals surface area contributed by atoms with Crippen LogP contribution in [0.4, 0.5) is 0 Å². The van der Waals surface area contributed by atoms with Crippen molar-refractivity contribution in [2.75, 3.05) is 6.54 Å². The van der Waals surface area contributed by atoms with Gasteiger partial charge in [0.05, 0.1) is 12.5 Å². The fourth-order valence-electron chi connectivity index (χ4n) is 2.57. The van der Waals surface area contributed by atoms with Gasteiger partial charge in [0.15, 0.2) is 0 Å². The molecule has 0 spiro atoms. The molecule has 146 valence electrons. The summed E-state index contributed by atoms with van der Waals surface area (Å²) >= 11 is 0. The van der Waals surface area contributed by atoms with Crippen molar-refractivity contribution in [3.63, 3.8) is 0 Å². The Morgan fingerprint density at radius 1 is 1.00 bits per heavy atom. The van der Waals surface area contributed by atoms with Crippen molar-refractivity contribution >= 4 is 23.6 Å². The molecule has 2 aromatic rings. The maximum atomic E-state index is 12.2. The number of nitrogens with one attached hydrogen (secondary N) is 3. The van der Waals surface area contributed by atoms with E-state index in [0.29, 0.717) is 16.7 Å². The second-order valence-corrected chi connectivity index (χ2v) is 6.13. The van der Waals surface area contributed by atoms with E-state index in [0.717, 1.165) is 0 Å². The number of hydrogen-bond acceptors (Lipinski definition) is 4. The molecule has 0 aromatic heterocycles. The van der Waals surface area contributed by atoms with Gasteiger partial charge in [-0.1, -0.05) is 42.5 Å². The number of aliphatic carboxylic acids is 1. The quantitative estimate of drug-likeness (QED) is 0.329. The predicted molar refractivity (Wildman–Crippen MR) is 104 cm³/mol. The van der Waals surface area contributed by atoms with Gasteiger partial charge in [0.25, 0.3) is 5.91 Å². The van der Waals surface area contributed by atoms with Crippen molar-refractivity contribution in [1.82, 2.24) is 10.6 Å². The smallest absolute Gasteiger partial charge is 0.305 e. The Balaban J connectivity index is 1.85. The summed E-state index contributed by atoms with van der Waals surface area (Å²) in [5.41, 5.74) is 6.97. The van der Waals surface area contributed by atoms with E-state index in [-0.39, 0.29) is 37.0 Å². The highest BCUT2D eigenvalue weighted by molar-refractivity contribution is 5.98. The van der Waals surface area contributed by atoms with Crippen LogP contribution in [0.5, 0.6) is 0 Å².